The van der Waals surface area contributed by atoms with Gasteiger partial charge in [0, 0.05) is 5.02 Å². The minimum Gasteiger partial charge on any atom is -0.493 e. The molecule has 8 heteroatoms. The van der Waals surface area contributed by atoms with Gasteiger partial charge in [-0.1, -0.05) is 23.7 Å². The molecule has 0 spiro atoms. The molecule has 4 rings (SSSR count). The van der Waals surface area contributed by atoms with E-state index in [-0.39, 0.29) is 11.6 Å². The number of carbonyl (C=O) groups is 1. The van der Waals surface area contributed by atoms with Crippen molar-refractivity contribution in [3.8, 4) is 11.5 Å². The molecule has 2 heterocycles. The third kappa shape index (κ3) is 4.42. The maximum Gasteiger partial charge on any atom is 0.363 e. The van der Waals surface area contributed by atoms with Crippen molar-refractivity contribution in [3.63, 3.8) is 0 Å². The summed E-state index contributed by atoms with van der Waals surface area (Å²) in [6, 6.07) is 14.3. The zero-order chi connectivity index (χ0) is 21.1. The van der Waals surface area contributed by atoms with Gasteiger partial charge in [-0.2, -0.15) is 0 Å². The Kier molecular flexibility index (Phi) is 5.92. The maximum absolute atomic E-state index is 12.2. The fraction of sp³-hybridized carbons (Fsp3) is 0.0909. The van der Waals surface area contributed by atoms with E-state index in [0.29, 0.717) is 38.9 Å². The third-order valence-corrected chi connectivity index (χ3v) is 5.05. The molecule has 0 radical (unpaired) electrons. The molecule has 6 nitrogen and oxygen atoms in total. The fourth-order valence-corrected chi connectivity index (χ4v) is 3.47. The highest BCUT2D eigenvalue weighted by molar-refractivity contribution is 9.10. The zero-order valence-corrected chi connectivity index (χ0v) is 18.1. The molecular formula is C22H15BrClNO5. The van der Waals surface area contributed by atoms with Crippen molar-refractivity contribution >= 4 is 45.5 Å². The summed E-state index contributed by atoms with van der Waals surface area (Å²) in [6.45, 7) is 0.343. The number of carbonyl (C=O) groups excluding carboxylic acids is 1. The van der Waals surface area contributed by atoms with Gasteiger partial charge in [0.15, 0.2) is 23.0 Å². The SMILES string of the molecule is COc1cc(/C=C2\N=C(c3ccco3)OC2=O)cc(Br)c1OCc1ccc(Cl)cc1. The van der Waals surface area contributed by atoms with Crippen LogP contribution in [0.15, 0.2) is 74.4 Å². The summed E-state index contributed by atoms with van der Waals surface area (Å²) in [5.74, 6) is 1.01. The van der Waals surface area contributed by atoms with Crippen LogP contribution in [-0.4, -0.2) is 19.0 Å². The minimum absolute atomic E-state index is 0.130. The largest absolute Gasteiger partial charge is 0.493 e. The smallest absolute Gasteiger partial charge is 0.363 e. The maximum atomic E-state index is 12.2. The second-order valence-corrected chi connectivity index (χ2v) is 7.55. The van der Waals surface area contributed by atoms with Crippen LogP contribution < -0.4 is 9.47 Å². The molecule has 1 aliphatic rings. The number of furan rings is 1. The number of methoxy groups -OCH3 is 1. The van der Waals surface area contributed by atoms with Gasteiger partial charge in [-0.3, -0.25) is 0 Å². The molecule has 0 atom stereocenters. The number of ether oxygens (including phenoxy) is 3. The van der Waals surface area contributed by atoms with Gasteiger partial charge in [0.05, 0.1) is 17.8 Å². The van der Waals surface area contributed by atoms with E-state index in [2.05, 4.69) is 20.9 Å². The fourth-order valence-electron chi connectivity index (χ4n) is 2.77. The molecule has 0 aliphatic carbocycles. The Labute approximate surface area is 185 Å². The van der Waals surface area contributed by atoms with Crippen LogP contribution in [0.2, 0.25) is 5.02 Å². The quantitative estimate of drug-likeness (QED) is 0.332. The number of hydrogen-bond donors (Lipinski definition) is 0. The molecule has 0 saturated carbocycles. The molecule has 0 saturated heterocycles. The Bertz CT molecular complexity index is 1140. The van der Waals surface area contributed by atoms with E-state index in [1.54, 1.807) is 49.6 Å². The topological polar surface area (TPSA) is 70.3 Å². The summed E-state index contributed by atoms with van der Waals surface area (Å²) >= 11 is 9.43. The van der Waals surface area contributed by atoms with E-state index in [1.165, 1.54) is 6.26 Å². The summed E-state index contributed by atoms with van der Waals surface area (Å²) in [6.07, 6.45) is 3.09. The van der Waals surface area contributed by atoms with Crippen LogP contribution in [0, 0.1) is 0 Å². The van der Waals surface area contributed by atoms with Crippen molar-refractivity contribution in [3.05, 3.63) is 86.9 Å². The molecule has 30 heavy (non-hydrogen) atoms. The lowest BCUT2D eigenvalue weighted by Crippen LogP contribution is -2.04. The van der Waals surface area contributed by atoms with Gasteiger partial charge in [0.25, 0.3) is 5.90 Å². The third-order valence-electron chi connectivity index (χ3n) is 4.20. The lowest BCUT2D eigenvalue weighted by Gasteiger charge is -2.14. The molecule has 2 aromatic carbocycles. The molecule has 0 fully saturated rings. The first kappa shape index (κ1) is 20.3. The Morgan fingerprint density at radius 3 is 2.70 bits per heavy atom. The number of rotatable bonds is 6. The average Bonchev–Trinajstić information content (AvgIpc) is 3.38. The lowest BCUT2D eigenvalue weighted by molar-refractivity contribution is -0.130. The molecule has 0 N–H and O–H groups in total. The average molecular weight is 489 g/mol. The predicted molar refractivity (Wildman–Crippen MR) is 116 cm³/mol. The van der Waals surface area contributed by atoms with Crippen molar-refractivity contribution in [2.75, 3.05) is 7.11 Å². The van der Waals surface area contributed by atoms with Crippen molar-refractivity contribution in [1.82, 2.24) is 0 Å². The molecule has 0 bridgehead atoms. The van der Waals surface area contributed by atoms with Gasteiger partial charge in [-0.15, -0.1) is 0 Å². The van der Waals surface area contributed by atoms with Gasteiger partial charge in [0.2, 0.25) is 0 Å². The van der Waals surface area contributed by atoms with E-state index < -0.39 is 5.97 Å². The van der Waals surface area contributed by atoms with E-state index >= 15 is 0 Å². The lowest BCUT2D eigenvalue weighted by atomic mass is 10.1. The summed E-state index contributed by atoms with van der Waals surface area (Å²) in [5.41, 5.74) is 1.81. The predicted octanol–water partition coefficient (Wildman–Crippen LogP) is 5.63. The normalized spacial score (nSPS) is 14.6. The monoisotopic (exact) mass is 487 g/mol. The van der Waals surface area contributed by atoms with E-state index in [9.17, 15) is 4.79 Å². The molecule has 1 aliphatic heterocycles. The van der Waals surface area contributed by atoms with Crippen molar-refractivity contribution in [2.24, 2.45) is 4.99 Å². The Hall–Kier alpha value is -3.03. The van der Waals surface area contributed by atoms with Crippen LogP contribution in [-0.2, 0) is 16.1 Å². The number of aliphatic imine (C=N–C) groups is 1. The van der Waals surface area contributed by atoms with Gasteiger partial charge < -0.3 is 18.6 Å². The highest BCUT2D eigenvalue weighted by Gasteiger charge is 2.26. The summed E-state index contributed by atoms with van der Waals surface area (Å²) in [5, 5.41) is 0.665. The first-order chi connectivity index (χ1) is 14.5. The summed E-state index contributed by atoms with van der Waals surface area (Å²) in [4.78, 5) is 16.4. The summed E-state index contributed by atoms with van der Waals surface area (Å²) in [7, 11) is 1.55. The number of nitrogens with zero attached hydrogens (tertiary/aromatic N) is 1. The van der Waals surface area contributed by atoms with Gasteiger partial charge in [-0.25, -0.2) is 9.79 Å². The van der Waals surface area contributed by atoms with Crippen molar-refractivity contribution in [2.45, 2.75) is 6.61 Å². The van der Waals surface area contributed by atoms with E-state index in [0.717, 1.165) is 5.56 Å². The number of benzene rings is 2. The second-order valence-electron chi connectivity index (χ2n) is 6.26. The van der Waals surface area contributed by atoms with Gasteiger partial charge >= 0.3 is 5.97 Å². The van der Waals surface area contributed by atoms with Crippen LogP contribution >= 0.6 is 27.5 Å². The van der Waals surface area contributed by atoms with Crippen LogP contribution in [0.3, 0.4) is 0 Å². The molecule has 3 aromatic rings. The van der Waals surface area contributed by atoms with Crippen LogP contribution in [0.5, 0.6) is 11.5 Å². The van der Waals surface area contributed by atoms with Crippen LogP contribution in [0.1, 0.15) is 16.9 Å². The van der Waals surface area contributed by atoms with Crippen LogP contribution in [0.4, 0.5) is 0 Å². The molecule has 0 amide bonds. The molecule has 0 unspecified atom stereocenters. The second kappa shape index (κ2) is 8.77. The van der Waals surface area contributed by atoms with Crippen molar-refractivity contribution < 1.29 is 23.4 Å². The first-order valence-corrected chi connectivity index (χ1v) is 10.0. The van der Waals surface area contributed by atoms with Crippen molar-refractivity contribution in [1.29, 1.82) is 0 Å². The Morgan fingerprint density at radius 1 is 1.20 bits per heavy atom. The zero-order valence-electron chi connectivity index (χ0n) is 15.7. The standard InChI is InChI=1S/C22H15BrClNO5/c1-27-19-11-14(10-17-22(26)30-21(25-17)18-3-2-8-28-18)9-16(23)20(19)29-12-13-4-6-15(24)7-5-13/h2-11H,12H2,1H3/b17-10-. The number of hydrogen-bond acceptors (Lipinski definition) is 6. The van der Waals surface area contributed by atoms with Gasteiger partial charge in [0.1, 0.15) is 6.61 Å². The van der Waals surface area contributed by atoms with Gasteiger partial charge in [-0.05, 0) is 69.5 Å². The highest BCUT2D eigenvalue weighted by Crippen LogP contribution is 2.38. The van der Waals surface area contributed by atoms with E-state index in [1.807, 2.05) is 12.1 Å². The Morgan fingerprint density at radius 2 is 2.00 bits per heavy atom. The van der Waals surface area contributed by atoms with E-state index in [4.69, 9.17) is 30.2 Å². The molecule has 1 aromatic heterocycles. The number of cyclic esters (lactones) is 1. The molecular weight excluding hydrogens is 474 g/mol. The summed E-state index contributed by atoms with van der Waals surface area (Å²) < 4.78 is 22.5. The Balaban J connectivity index is 1.58. The van der Waals surface area contributed by atoms with Crippen LogP contribution in [0.25, 0.3) is 6.08 Å². The number of esters is 1. The number of halogens is 2. The highest BCUT2D eigenvalue weighted by atomic mass is 79.9. The minimum atomic E-state index is -0.556. The first-order valence-electron chi connectivity index (χ1n) is 8.84. The molecule has 152 valence electrons.